The highest BCUT2D eigenvalue weighted by atomic mass is 35.5. The lowest BCUT2D eigenvalue weighted by molar-refractivity contribution is -0.384. The Morgan fingerprint density at radius 1 is 1.48 bits per heavy atom. The van der Waals surface area contributed by atoms with Crippen molar-refractivity contribution in [3.63, 3.8) is 0 Å². The van der Waals surface area contributed by atoms with Crippen LogP contribution in [0.1, 0.15) is 30.3 Å². The quantitative estimate of drug-likeness (QED) is 0.345. The van der Waals surface area contributed by atoms with Crippen LogP contribution in [0.4, 0.5) is 11.5 Å². The summed E-state index contributed by atoms with van der Waals surface area (Å²) in [4.78, 5) is 23.4. The minimum absolute atomic E-state index is 0.154. The van der Waals surface area contributed by atoms with Crippen molar-refractivity contribution in [3.8, 4) is 0 Å². The molecule has 8 nitrogen and oxygen atoms in total. The number of aromatic nitrogens is 2. The van der Waals surface area contributed by atoms with Gasteiger partial charge in [-0.2, -0.15) is 0 Å². The van der Waals surface area contributed by atoms with E-state index >= 15 is 0 Å². The number of nitro groups is 1. The normalized spacial score (nSPS) is 16.0. The Labute approximate surface area is 143 Å². The predicted octanol–water partition coefficient (Wildman–Crippen LogP) is 2.58. The summed E-state index contributed by atoms with van der Waals surface area (Å²) >= 11 is 11.7. The third kappa shape index (κ3) is 3.69. The van der Waals surface area contributed by atoms with Crippen molar-refractivity contribution in [1.82, 2.24) is 9.78 Å². The number of piperidine rings is 1. The first kappa shape index (κ1) is 17.8. The van der Waals surface area contributed by atoms with Gasteiger partial charge in [0.15, 0.2) is 10.5 Å². The molecule has 2 rings (SSSR count). The van der Waals surface area contributed by atoms with Crippen LogP contribution in [0, 0.1) is 16.0 Å². The molecule has 1 aliphatic rings. The summed E-state index contributed by atoms with van der Waals surface area (Å²) in [6.07, 6.45) is 1.13. The molecule has 10 heteroatoms. The minimum atomic E-state index is -1.04. The van der Waals surface area contributed by atoms with Gasteiger partial charge in [-0.25, -0.2) is 0 Å². The number of carbonyl (C=O) groups is 1. The van der Waals surface area contributed by atoms with Gasteiger partial charge in [0.2, 0.25) is 5.82 Å². The molecule has 0 spiro atoms. The van der Waals surface area contributed by atoms with E-state index in [2.05, 4.69) is 5.10 Å². The minimum Gasteiger partial charge on any atom is -0.466 e. The second-order valence-corrected chi connectivity index (χ2v) is 6.35. The van der Waals surface area contributed by atoms with Crippen LogP contribution in [-0.4, -0.2) is 40.4 Å². The molecule has 0 N–H and O–H groups in total. The smallest absolute Gasteiger partial charge is 0.336 e. The fraction of sp³-hybridized carbons (Fsp3) is 0.692. The van der Waals surface area contributed by atoms with Gasteiger partial charge in [-0.3, -0.25) is 19.6 Å². The second-order valence-electron chi connectivity index (χ2n) is 5.25. The molecule has 1 fully saturated rings. The average molecular weight is 365 g/mol. The SMILES string of the molecule is CCOC(=O)C1CCN(c2nn(C)c(C(Cl)Cl)c2[N+](=O)[O-])CC1. The largest absolute Gasteiger partial charge is 0.466 e. The lowest BCUT2D eigenvalue weighted by atomic mass is 9.97. The van der Waals surface area contributed by atoms with Gasteiger partial charge in [0, 0.05) is 20.1 Å². The standard InChI is InChI=1S/C13H18Cl2N4O4/c1-3-23-13(20)8-4-6-18(7-5-8)12-10(19(21)22)9(11(14)15)17(2)16-12/h8,11H,3-7H2,1-2H3. The summed E-state index contributed by atoms with van der Waals surface area (Å²) in [7, 11) is 1.56. The number of esters is 1. The summed E-state index contributed by atoms with van der Waals surface area (Å²) in [5.41, 5.74) is -0.0297. The van der Waals surface area contributed by atoms with Crippen molar-refractivity contribution in [2.45, 2.75) is 24.6 Å². The summed E-state index contributed by atoms with van der Waals surface area (Å²) in [6, 6.07) is 0. The van der Waals surface area contributed by atoms with Gasteiger partial charge >= 0.3 is 11.7 Å². The molecule has 1 aromatic heterocycles. The van der Waals surface area contributed by atoms with Gasteiger partial charge in [0.25, 0.3) is 0 Å². The number of rotatable bonds is 5. The number of hydrogen-bond donors (Lipinski definition) is 0. The van der Waals surface area contributed by atoms with Gasteiger partial charge in [0.05, 0.1) is 17.4 Å². The average Bonchev–Trinajstić information content (AvgIpc) is 2.85. The van der Waals surface area contributed by atoms with Crippen LogP contribution in [0.15, 0.2) is 0 Å². The Morgan fingerprint density at radius 3 is 2.57 bits per heavy atom. The fourth-order valence-electron chi connectivity index (χ4n) is 2.73. The maximum absolute atomic E-state index is 11.8. The van der Waals surface area contributed by atoms with E-state index in [1.54, 1.807) is 18.9 Å². The molecule has 1 aliphatic heterocycles. The van der Waals surface area contributed by atoms with E-state index in [9.17, 15) is 14.9 Å². The molecule has 0 aliphatic carbocycles. The van der Waals surface area contributed by atoms with E-state index in [0.717, 1.165) is 0 Å². The summed E-state index contributed by atoms with van der Waals surface area (Å²) in [6.45, 7) is 3.08. The topological polar surface area (TPSA) is 90.5 Å². The molecule has 23 heavy (non-hydrogen) atoms. The van der Waals surface area contributed by atoms with Gasteiger partial charge < -0.3 is 9.64 Å². The lowest BCUT2D eigenvalue weighted by Crippen LogP contribution is -2.37. The molecule has 0 radical (unpaired) electrons. The summed E-state index contributed by atoms with van der Waals surface area (Å²) in [5.74, 6) is -0.159. The Bertz CT molecular complexity index is 597. The zero-order valence-corrected chi connectivity index (χ0v) is 14.4. The van der Waals surface area contributed by atoms with Crippen LogP contribution >= 0.6 is 23.2 Å². The van der Waals surface area contributed by atoms with Crippen LogP contribution < -0.4 is 4.90 Å². The van der Waals surface area contributed by atoms with Crippen molar-refractivity contribution >= 4 is 40.7 Å². The molecular formula is C13H18Cl2N4O4. The Hall–Kier alpha value is -1.54. The molecule has 128 valence electrons. The van der Waals surface area contributed by atoms with E-state index in [1.165, 1.54) is 4.68 Å². The monoisotopic (exact) mass is 364 g/mol. The van der Waals surface area contributed by atoms with Gasteiger partial charge in [-0.1, -0.05) is 23.2 Å². The number of ether oxygens (including phenoxy) is 1. The van der Waals surface area contributed by atoms with E-state index in [1.807, 2.05) is 0 Å². The number of anilines is 1. The van der Waals surface area contributed by atoms with Crippen LogP contribution in [0.25, 0.3) is 0 Å². The van der Waals surface area contributed by atoms with Gasteiger partial charge in [-0.05, 0) is 19.8 Å². The van der Waals surface area contributed by atoms with Crippen molar-refractivity contribution in [3.05, 3.63) is 15.8 Å². The summed E-state index contributed by atoms with van der Waals surface area (Å²) < 4.78 is 6.35. The number of nitrogens with zero attached hydrogens (tertiary/aromatic N) is 4. The lowest BCUT2D eigenvalue weighted by Gasteiger charge is -2.30. The highest BCUT2D eigenvalue weighted by Crippen LogP contribution is 2.39. The van der Waals surface area contributed by atoms with Crippen molar-refractivity contribution in [1.29, 1.82) is 0 Å². The molecule has 1 aromatic rings. The highest BCUT2D eigenvalue weighted by molar-refractivity contribution is 6.44. The van der Waals surface area contributed by atoms with Crippen molar-refractivity contribution in [2.24, 2.45) is 13.0 Å². The molecule has 1 saturated heterocycles. The molecule has 0 saturated carbocycles. The molecule has 2 heterocycles. The fourth-order valence-corrected chi connectivity index (χ4v) is 3.22. The van der Waals surface area contributed by atoms with Crippen molar-refractivity contribution < 1.29 is 14.5 Å². The Kier molecular flexibility index (Phi) is 5.69. The van der Waals surface area contributed by atoms with Gasteiger partial charge in [-0.15, -0.1) is 5.10 Å². The van der Waals surface area contributed by atoms with Gasteiger partial charge in [0.1, 0.15) is 0 Å². The Morgan fingerprint density at radius 2 is 2.09 bits per heavy atom. The second kappa shape index (κ2) is 7.35. The first-order valence-corrected chi connectivity index (χ1v) is 8.15. The first-order chi connectivity index (χ1) is 10.9. The van der Waals surface area contributed by atoms with E-state index < -0.39 is 9.76 Å². The maximum Gasteiger partial charge on any atom is 0.336 e. The molecule has 0 amide bonds. The highest BCUT2D eigenvalue weighted by Gasteiger charge is 2.35. The number of aryl methyl sites for hydroxylation is 1. The molecule has 0 unspecified atom stereocenters. The molecule has 0 atom stereocenters. The van der Waals surface area contributed by atoms with E-state index in [-0.39, 0.29) is 29.1 Å². The van der Waals surface area contributed by atoms with Crippen LogP contribution in [0.3, 0.4) is 0 Å². The van der Waals surface area contributed by atoms with E-state index in [4.69, 9.17) is 27.9 Å². The molecule has 0 aromatic carbocycles. The molecular weight excluding hydrogens is 347 g/mol. The zero-order valence-electron chi connectivity index (χ0n) is 12.9. The van der Waals surface area contributed by atoms with Crippen LogP contribution in [0.5, 0.6) is 0 Å². The molecule has 0 bridgehead atoms. The number of alkyl halides is 2. The number of carbonyl (C=O) groups excluding carboxylic acids is 1. The third-order valence-electron chi connectivity index (χ3n) is 3.85. The predicted molar refractivity (Wildman–Crippen MR) is 85.9 cm³/mol. The van der Waals surface area contributed by atoms with Crippen LogP contribution in [-0.2, 0) is 16.6 Å². The number of hydrogen-bond acceptors (Lipinski definition) is 6. The van der Waals surface area contributed by atoms with E-state index in [0.29, 0.717) is 32.5 Å². The third-order valence-corrected chi connectivity index (χ3v) is 4.26. The van der Waals surface area contributed by atoms with Crippen LogP contribution in [0.2, 0.25) is 0 Å². The van der Waals surface area contributed by atoms with Crippen molar-refractivity contribution in [2.75, 3.05) is 24.6 Å². The summed E-state index contributed by atoms with van der Waals surface area (Å²) in [5, 5.41) is 15.6. The Balaban J connectivity index is 2.20. The number of halogens is 2. The first-order valence-electron chi connectivity index (χ1n) is 7.27. The zero-order chi connectivity index (χ0) is 17.1. The maximum atomic E-state index is 11.8.